The van der Waals surface area contributed by atoms with Crippen LogP contribution in [0.3, 0.4) is 0 Å². The summed E-state index contributed by atoms with van der Waals surface area (Å²) in [5, 5.41) is 9.89. The minimum Gasteiger partial charge on any atom is -0.394 e. The van der Waals surface area contributed by atoms with E-state index in [1.165, 1.54) is 0 Å². The third-order valence-electron chi connectivity index (χ3n) is 3.27. The molecule has 3 N–H and O–H groups in total. The molecule has 110 valence electrons. The van der Waals surface area contributed by atoms with Gasteiger partial charge >= 0.3 is 0 Å². The molecule has 1 atom stereocenters. The average Bonchev–Trinajstić information content (AvgIpc) is 2.36. The molecule has 0 aliphatic carbocycles. The van der Waals surface area contributed by atoms with Crippen LogP contribution in [0, 0.1) is 0 Å². The summed E-state index contributed by atoms with van der Waals surface area (Å²) in [5.74, 6) is 0. The van der Waals surface area contributed by atoms with Crippen molar-refractivity contribution in [1.29, 1.82) is 0 Å². The van der Waals surface area contributed by atoms with Crippen LogP contribution in [0.1, 0.15) is 19.4 Å². The Labute approximate surface area is 129 Å². The first-order chi connectivity index (χ1) is 9.32. The Bertz CT molecular complexity index is 522. The monoisotopic (exact) mass is 314 g/mol. The maximum atomic E-state index is 9.35. The number of thiocarbonyl (C=S) groups is 1. The summed E-state index contributed by atoms with van der Waals surface area (Å²) in [6.07, 6.45) is -0.201. The van der Waals surface area contributed by atoms with E-state index < -0.39 is 0 Å². The van der Waals surface area contributed by atoms with Crippen LogP contribution in [0.5, 0.6) is 0 Å². The third kappa shape index (κ3) is 3.41. The molecule has 1 aromatic carbocycles. The van der Waals surface area contributed by atoms with Gasteiger partial charge in [-0.2, -0.15) is 0 Å². The standard InChI is InChI=1S/C14H19ClN2O2S/c1-14(2)8-17(6-10(7-18)19-14)9-3-4-11(13(16)20)12(15)5-9/h3-5,10,18H,6-8H2,1-2H3,(H2,16,20). The van der Waals surface area contributed by atoms with Crippen LogP contribution in [-0.2, 0) is 4.74 Å². The number of halogens is 1. The smallest absolute Gasteiger partial charge is 0.105 e. The second-order valence-corrected chi connectivity index (χ2v) is 6.44. The first kappa shape index (κ1) is 15.5. The topological polar surface area (TPSA) is 58.7 Å². The Morgan fingerprint density at radius 1 is 1.60 bits per heavy atom. The van der Waals surface area contributed by atoms with Gasteiger partial charge in [-0.15, -0.1) is 0 Å². The highest BCUT2D eigenvalue weighted by molar-refractivity contribution is 7.80. The Kier molecular flexibility index (Phi) is 4.54. The van der Waals surface area contributed by atoms with Crippen molar-refractivity contribution in [3.8, 4) is 0 Å². The van der Waals surface area contributed by atoms with Crippen molar-refractivity contribution < 1.29 is 9.84 Å². The van der Waals surface area contributed by atoms with Crippen LogP contribution in [0.2, 0.25) is 5.02 Å². The molecule has 4 nitrogen and oxygen atoms in total. The van der Waals surface area contributed by atoms with Gasteiger partial charge in [-0.3, -0.25) is 0 Å². The number of nitrogens with two attached hydrogens (primary N) is 1. The maximum Gasteiger partial charge on any atom is 0.105 e. The van der Waals surface area contributed by atoms with Crippen LogP contribution in [0.4, 0.5) is 5.69 Å². The Morgan fingerprint density at radius 3 is 2.85 bits per heavy atom. The average molecular weight is 315 g/mol. The van der Waals surface area contributed by atoms with Gasteiger partial charge in [-0.25, -0.2) is 0 Å². The minimum absolute atomic E-state index is 0.00136. The Morgan fingerprint density at radius 2 is 2.30 bits per heavy atom. The summed E-state index contributed by atoms with van der Waals surface area (Å²) >= 11 is 11.2. The zero-order chi connectivity index (χ0) is 14.9. The van der Waals surface area contributed by atoms with E-state index in [0.717, 1.165) is 12.2 Å². The maximum absolute atomic E-state index is 9.35. The summed E-state index contributed by atoms with van der Waals surface area (Å²) in [4.78, 5) is 2.44. The van der Waals surface area contributed by atoms with Gasteiger partial charge in [0.2, 0.25) is 0 Å². The van der Waals surface area contributed by atoms with Crippen molar-refractivity contribution in [2.24, 2.45) is 5.73 Å². The van der Waals surface area contributed by atoms with E-state index in [4.69, 9.17) is 34.3 Å². The van der Waals surface area contributed by atoms with Crippen LogP contribution in [0.15, 0.2) is 18.2 Å². The molecule has 6 heteroatoms. The van der Waals surface area contributed by atoms with Gasteiger partial charge in [0.1, 0.15) is 4.99 Å². The van der Waals surface area contributed by atoms with Gasteiger partial charge < -0.3 is 20.5 Å². The molecule has 1 aromatic rings. The second kappa shape index (κ2) is 5.85. The van der Waals surface area contributed by atoms with Crippen LogP contribution < -0.4 is 10.6 Å². The molecular formula is C14H19ClN2O2S. The highest BCUT2D eigenvalue weighted by Gasteiger charge is 2.33. The van der Waals surface area contributed by atoms with Gasteiger partial charge in [0.05, 0.1) is 23.3 Å². The van der Waals surface area contributed by atoms with E-state index in [-0.39, 0.29) is 23.3 Å². The van der Waals surface area contributed by atoms with Crippen molar-refractivity contribution in [2.75, 3.05) is 24.6 Å². The lowest BCUT2D eigenvalue weighted by Gasteiger charge is -2.43. The fourth-order valence-electron chi connectivity index (χ4n) is 2.49. The van der Waals surface area contributed by atoms with Gasteiger partial charge in [0.25, 0.3) is 0 Å². The number of hydrogen-bond acceptors (Lipinski definition) is 4. The van der Waals surface area contributed by atoms with E-state index >= 15 is 0 Å². The predicted molar refractivity (Wildman–Crippen MR) is 85.6 cm³/mol. The van der Waals surface area contributed by atoms with Gasteiger partial charge in [-0.1, -0.05) is 23.8 Å². The predicted octanol–water partition coefficient (Wildman–Crippen LogP) is 1.95. The second-order valence-electron chi connectivity index (χ2n) is 5.59. The quantitative estimate of drug-likeness (QED) is 0.835. The molecule has 0 aromatic heterocycles. The molecule has 20 heavy (non-hydrogen) atoms. The normalized spacial score (nSPS) is 21.8. The zero-order valence-corrected chi connectivity index (χ0v) is 13.2. The van der Waals surface area contributed by atoms with Crippen LogP contribution in [-0.4, -0.2) is 41.5 Å². The lowest BCUT2D eigenvalue weighted by molar-refractivity contribution is -0.101. The number of hydrogen-bond donors (Lipinski definition) is 2. The van der Waals surface area contributed by atoms with E-state index in [2.05, 4.69) is 4.90 Å². The number of aliphatic hydroxyl groups excluding tert-OH is 1. The number of rotatable bonds is 3. The van der Waals surface area contributed by atoms with Gasteiger partial charge in [-0.05, 0) is 32.0 Å². The summed E-state index contributed by atoms with van der Waals surface area (Å²) in [6, 6.07) is 5.62. The first-order valence-corrected chi connectivity index (χ1v) is 7.24. The fourth-order valence-corrected chi connectivity index (χ4v) is 3.00. The molecule has 0 saturated carbocycles. The highest BCUT2D eigenvalue weighted by atomic mass is 35.5. The van der Waals surface area contributed by atoms with Crippen molar-refractivity contribution in [2.45, 2.75) is 25.6 Å². The fraction of sp³-hybridized carbons (Fsp3) is 0.500. The van der Waals surface area contributed by atoms with E-state index in [0.29, 0.717) is 17.1 Å². The minimum atomic E-state index is -0.319. The molecule has 0 radical (unpaired) electrons. The molecule has 1 fully saturated rings. The van der Waals surface area contributed by atoms with Crippen molar-refractivity contribution >= 4 is 34.5 Å². The number of ether oxygens (including phenoxy) is 1. The van der Waals surface area contributed by atoms with Gasteiger partial charge in [0, 0.05) is 24.3 Å². The first-order valence-electron chi connectivity index (χ1n) is 6.45. The van der Waals surface area contributed by atoms with Crippen molar-refractivity contribution in [3.63, 3.8) is 0 Å². The lowest BCUT2D eigenvalue weighted by Crippen LogP contribution is -2.54. The number of benzene rings is 1. The Hall–Kier alpha value is -0.880. The molecule has 1 aliphatic rings. The summed E-state index contributed by atoms with van der Waals surface area (Å²) in [5.41, 5.74) is 6.94. The van der Waals surface area contributed by atoms with Crippen LogP contribution in [0.25, 0.3) is 0 Å². The Balaban J connectivity index is 2.26. The molecule has 1 aliphatic heterocycles. The number of aliphatic hydroxyl groups is 1. The third-order valence-corrected chi connectivity index (χ3v) is 3.80. The van der Waals surface area contributed by atoms with Crippen molar-refractivity contribution in [3.05, 3.63) is 28.8 Å². The molecule has 1 heterocycles. The van der Waals surface area contributed by atoms with E-state index in [1.807, 2.05) is 32.0 Å². The van der Waals surface area contributed by atoms with E-state index in [1.54, 1.807) is 0 Å². The molecule has 1 unspecified atom stereocenters. The number of morpholine rings is 1. The summed E-state index contributed by atoms with van der Waals surface area (Å²) < 4.78 is 5.80. The van der Waals surface area contributed by atoms with Crippen molar-refractivity contribution in [1.82, 2.24) is 0 Å². The number of nitrogens with zero attached hydrogens (tertiary/aromatic N) is 1. The largest absolute Gasteiger partial charge is 0.394 e. The SMILES string of the molecule is CC1(C)CN(c2ccc(C(N)=S)c(Cl)c2)CC(CO)O1. The molecule has 1 saturated heterocycles. The van der Waals surface area contributed by atoms with Gasteiger partial charge in [0.15, 0.2) is 0 Å². The molecule has 0 bridgehead atoms. The summed E-state index contributed by atoms with van der Waals surface area (Å²) in [7, 11) is 0. The summed E-state index contributed by atoms with van der Waals surface area (Å²) in [6.45, 7) is 5.37. The molecular weight excluding hydrogens is 296 g/mol. The zero-order valence-electron chi connectivity index (χ0n) is 11.6. The lowest BCUT2D eigenvalue weighted by atomic mass is 10.0. The molecule has 0 spiro atoms. The van der Waals surface area contributed by atoms with Crippen LogP contribution >= 0.6 is 23.8 Å². The molecule has 2 rings (SSSR count). The van der Waals surface area contributed by atoms with E-state index in [9.17, 15) is 5.11 Å². The highest BCUT2D eigenvalue weighted by Crippen LogP contribution is 2.29. The number of anilines is 1. The molecule has 0 amide bonds.